The first-order chi connectivity index (χ1) is 11.4. The third kappa shape index (κ3) is 4.59. The summed E-state index contributed by atoms with van der Waals surface area (Å²) in [7, 11) is 0. The predicted molar refractivity (Wildman–Crippen MR) is 95.5 cm³/mol. The van der Waals surface area contributed by atoms with E-state index in [1.165, 1.54) is 6.92 Å². The lowest BCUT2D eigenvalue weighted by Crippen LogP contribution is -2.21. The molecule has 0 aliphatic heterocycles. The van der Waals surface area contributed by atoms with Crippen molar-refractivity contribution in [3.63, 3.8) is 0 Å². The first kappa shape index (κ1) is 17.5. The fraction of sp³-hybridized carbons (Fsp3) is 0.263. The predicted octanol–water partition coefficient (Wildman–Crippen LogP) is 3.59. The van der Waals surface area contributed by atoms with Crippen LogP contribution in [0.15, 0.2) is 36.4 Å². The highest BCUT2D eigenvalue weighted by atomic mass is 16.5. The van der Waals surface area contributed by atoms with Crippen LogP contribution < -0.4 is 15.4 Å². The largest absolute Gasteiger partial charge is 0.483 e. The molecule has 0 unspecified atom stereocenters. The number of benzene rings is 2. The Morgan fingerprint density at radius 1 is 0.958 bits per heavy atom. The smallest absolute Gasteiger partial charge is 0.262 e. The fourth-order valence-corrected chi connectivity index (χ4v) is 2.39. The molecule has 2 amide bonds. The molecule has 0 aliphatic carbocycles. The van der Waals surface area contributed by atoms with Crippen LogP contribution in [0.3, 0.4) is 0 Å². The van der Waals surface area contributed by atoms with Crippen LogP contribution in [0.5, 0.6) is 5.75 Å². The molecule has 24 heavy (non-hydrogen) atoms. The van der Waals surface area contributed by atoms with E-state index in [4.69, 9.17) is 4.74 Å². The molecule has 0 aliphatic rings. The lowest BCUT2D eigenvalue weighted by molar-refractivity contribution is -0.118. The van der Waals surface area contributed by atoms with Crippen molar-refractivity contribution in [3.8, 4) is 5.75 Å². The van der Waals surface area contributed by atoms with Crippen LogP contribution in [0.1, 0.15) is 23.6 Å². The molecule has 126 valence electrons. The fourth-order valence-electron chi connectivity index (χ4n) is 2.39. The van der Waals surface area contributed by atoms with E-state index in [1.54, 1.807) is 12.1 Å². The first-order valence-electron chi connectivity index (χ1n) is 7.74. The summed E-state index contributed by atoms with van der Waals surface area (Å²) in [4.78, 5) is 23.3. The van der Waals surface area contributed by atoms with Gasteiger partial charge in [-0.3, -0.25) is 9.59 Å². The summed E-state index contributed by atoms with van der Waals surface area (Å²) in [6, 6.07) is 11.2. The number of anilines is 2. The number of para-hydroxylation sites is 1. The van der Waals surface area contributed by atoms with Crippen molar-refractivity contribution in [1.29, 1.82) is 0 Å². The van der Waals surface area contributed by atoms with E-state index in [2.05, 4.69) is 10.6 Å². The van der Waals surface area contributed by atoms with Crippen molar-refractivity contribution in [2.75, 3.05) is 17.2 Å². The van der Waals surface area contributed by atoms with Crippen LogP contribution in [0, 0.1) is 20.8 Å². The molecule has 2 aromatic carbocycles. The summed E-state index contributed by atoms with van der Waals surface area (Å²) in [6.07, 6.45) is 0. The van der Waals surface area contributed by atoms with Gasteiger partial charge in [-0.1, -0.05) is 24.3 Å². The van der Waals surface area contributed by atoms with E-state index >= 15 is 0 Å². The Bertz CT molecular complexity index is 749. The van der Waals surface area contributed by atoms with Crippen LogP contribution in [0.4, 0.5) is 11.4 Å². The van der Waals surface area contributed by atoms with Gasteiger partial charge >= 0.3 is 0 Å². The first-order valence-corrected chi connectivity index (χ1v) is 7.74. The Labute approximate surface area is 142 Å². The van der Waals surface area contributed by atoms with Gasteiger partial charge in [0.15, 0.2) is 6.61 Å². The highest BCUT2D eigenvalue weighted by Gasteiger charge is 2.09. The SMILES string of the molecule is CC(=O)Nc1cc(NC(=O)COc2c(C)cccc2C)ccc1C. The van der Waals surface area contributed by atoms with E-state index in [-0.39, 0.29) is 18.4 Å². The van der Waals surface area contributed by atoms with Crippen molar-refractivity contribution >= 4 is 23.2 Å². The summed E-state index contributed by atoms with van der Waals surface area (Å²) < 4.78 is 5.64. The number of ether oxygens (including phenoxy) is 1. The molecule has 2 rings (SSSR count). The Hall–Kier alpha value is -2.82. The second kappa shape index (κ2) is 7.64. The van der Waals surface area contributed by atoms with Gasteiger partial charge in [0, 0.05) is 18.3 Å². The van der Waals surface area contributed by atoms with Crippen LogP contribution in [-0.2, 0) is 9.59 Å². The van der Waals surface area contributed by atoms with Gasteiger partial charge < -0.3 is 15.4 Å². The number of hydrogen-bond donors (Lipinski definition) is 2. The molecule has 5 nitrogen and oxygen atoms in total. The third-order valence-electron chi connectivity index (χ3n) is 3.59. The van der Waals surface area contributed by atoms with Gasteiger partial charge in [-0.05, 0) is 49.6 Å². The normalized spacial score (nSPS) is 10.2. The number of carbonyl (C=O) groups excluding carboxylic acids is 2. The van der Waals surface area contributed by atoms with Crippen molar-refractivity contribution < 1.29 is 14.3 Å². The number of amides is 2. The molecule has 0 saturated carbocycles. The maximum absolute atomic E-state index is 12.1. The zero-order valence-corrected chi connectivity index (χ0v) is 14.4. The van der Waals surface area contributed by atoms with Crippen molar-refractivity contribution in [1.82, 2.24) is 0 Å². The zero-order chi connectivity index (χ0) is 17.7. The number of aryl methyl sites for hydroxylation is 3. The van der Waals surface area contributed by atoms with E-state index < -0.39 is 0 Å². The summed E-state index contributed by atoms with van der Waals surface area (Å²) in [5.74, 6) is 0.325. The maximum atomic E-state index is 12.1. The topological polar surface area (TPSA) is 67.4 Å². The van der Waals surface area contributed by atoms with E-state index in [1.807, 2.05) is 45.0 Å². The number of nitrogens with one attached hydrogen (secondary N) is 2. The molecule has 0 radical (unpaired) electrons. The Morgan fingerprint density at radius 2 is 1.62 bits per heavy atom. The standard InChI is InChI=1S/C19H22N2O3/c1-12-8-9-16(10-17(12)20-15(4)22)21-18(23)11-24-19-13(2)6-5-7-14(19)3/h5-10H,11H2,1-4H3,(H,20,22)(H,21,23). The molecule has 0 heterocycles. The van der Waals surface area contributed by atoms with Crippen LogP contribution >= 0.6 is 0 Å². The highest BCUT2D eigenvalue weighted by Crippen LogP contribution is 2.23. The van der Waals surface area contributed by atoms with Crippen LogP contribution in [0.2, 0.25) is 0 Å². The van der Waals surface area contributed by atoms with Gasteiger partial charge in [-0.15, -0.1) is 0 Å². The molecule has 0 fully saturated rings. The molecular formula is C19H22N2O3. The molecule has 5 heteroatoms. The van der Waals surface area contributed by atoms with Gasteiger partial charge in [-0.2, -0.15) is 0 Å². The van der Waals surface area contributed by atoms with Crippen molar-refractivity contribution in [2.24, 2.45) is 0 Å². The molecule has 2 aromatic rings. The van der Waals surface area contributed by atoms with E-state index in [0.717, 1.165) is 22.4 Å². The Kier molecular flexibility index (Phi) is 5.58. The number of rotatable bonds is 5. The van der Waals surface area contributed by atoms with Crippen molar-refractivity contribution in [3.05, 3.63) is 53.1 Å². The second-order valence-electron chi connectivity index (χ2n) is 5.77. The monoisotopic (exact) mass is 326 g/mol. The second-order valence-corrected chi connectivity index (χ2v) is 5.77. The molecule has 0 aromatic heterocycles. The van der Waals surface area contributed by atoms with E-state index in [9.17, 15) is 9.59 Å². The van der Waals surface area contributed by atoms with Gasteiger partial charge in [-0.25, -0.2) is 0 Å². The molecule has 2 N–H and O–H groups in total. The maximum Gasteiger partial charge on any atom is 0.262 e. The minimum Gasteiger partial charge on any atom is -0.483 e. The lowest BCUT2D eigenvalue weighted by Gasteiger charge is -2.13. The average Bonchev–Trinajstić information content (AvgIpc) is 2.49. The summed E-state index contributed by atoms with van der Waals surface area (Å²) in [5.41, 5.74) is 4.20. The summed E-state index contributed by atoms with van der Waals surface area (Å²) in [5, 5.41) is 5.51. The minimum absolute atomic E-state index is 0.0744. The average molecular weight is 326 g/mol. The van der Waals surface area contributed by atoms with Crippen LogP contribution in [0.25, 0.3) is 0 Å². The lowest BCUT2D eigenvalue weighted by atomic mass is 10.1. The minimum atomic E-state index is -0.254. The van der Waals surface area contributed by atoms with Gasteiger partial charge in [0.05, 0.1) is 0 Å². The van der Waals surface area contributed by atoms with Crippen molar-refractivity contribution in [2.45, 2.75) is 27.7 Å². The number of hydrogen-bond acceptors (Lipinski definition) is 3. The Balaban J connectivity index is 2.01. The third-order valence-corrected chi connectivity index (χ3v) is 3.59. The van der Waals surface area contributed by atoms with Crippen LogP contribution in [-0.4, -0.2) is 18.4 Å². The molecule has 0 saturated heterocycles. The quantitative estimate of drug-likeness (QED) is 0.882. The summed E-state index contributed by atoms with van der Waals surface area (Å²) >= 11 is 0. The van der Waals surface area contributed by atoms with Gasteiger partial charge in [0.2, 0.25) is 5.91 Å². The highest BCUT2D eigenvalue weighted by molar-refractivity contribution is 5.94. The summed E-state index contributed by atoms with van der Waals surface area (Å²) in [6.45, 7) is 7.15. The van der Waals surface area contributed by atoms with E-state index in [0.29, 0.717) is 11.4 Å². The molecule has 0 bridgehead atoms. The molecule has 0 atom stereocenters. The van der Waals surface area contributed by atoms with Gasteiger partial charge in [0.25, 0.3) is 5.91 Å². The number of carbonyl (C=O) groups is 2. The Morgan fingerprint density at radius 3 is 2.25 bits per heavy atom. The molecule has 0 spiro atoms. The van der Waals surface area contributed by atoms with Gasteiger partial charge in [0.1, 0.15) is 5.75 Å². The molecular weight excluding hydrogens is 304 g/mol. The zero-order valence-electron chi connectivity index (χ0n) is 14.4.